The molecule has 2 aromatic heterocycles. The zero-order valence-electron chi connectivity index (χ0n) is 18.0. The summed E-state index contributed by atoms with van der Waals surface area (Å²) in [6, 6.07) is 8.06. The zero-order chi connectivity index (χ0) is 21.1. The predicted molar refractivity (Wildman–Crippen MR) is 119 cm³/mol. The van der Waals surface area contributed by atoms with Gasteiger partial charge in [0.15, 0.2) is 10.9 Å². The summed E-state index contributed by atoms with van der Waals surface area (Å²) in [7, 11) is 0. The van der Waals surface area contributed by atoms with E-state index in [1.807, 2.05) is 51.2 Å². The standard InChI is InChI=1S/C23H29N3O3S/c1-15-11-24-20(14-30-22-25-18-7-5-6-8-19(18)26-22)16(2)21(15)27-10-9-17-12-28-23(3,4)29-13-17/h5-8,11,17H,9-10,12-14H2,1-4H3,(H,25,26). The molecule has 0 unspecified atom stereocenters. The fraction of sp³-hybridized carbons (Fsp3) is 0.478. The van der Waals surface area contributed by atoms with Gasteiger partial charge in [-0.25, -0.2) is 4.98 Å². The summed E-state index contributed by atoms with van der Waals surface area (Å²) in [5.74, 6) is 1.57. The van der Waals surface area contributed by atoms with E-state index in [1.165, 1.54) is 0 Å². The first kappa shape index (κ1) is 21.2. The van der Waals surface area contributed by atoms with Crippen molar-refractivity contribution in [2.75, 3.05) is 19.8 Å². The molecule has 0 radical (unpaired) electrons. The summed E-state index contributed by atoms with van der Waals surface area (Å²) in [5, 5.41) is 0.903. The molecule has 160 valence electrons. The highest BCUT2D eigenvalue weighted by Gasteiger charge is 2.28. The molecule has 0 aliphatic carbocycles. The van der Waals surface area contributed by atoms with Crippen LogP contribution >= 0.6 is 11.8 Å². The highest BCUT2D eigenvalue weighted by Crippen LogP contribution is 2.30. The van der Waals surface area contributed by atoms with Crippen molar-refractivity contribution >= 4 is 22.8 Å². The number of aryl methyl sites for hydroxylation is 1. The minimum atomic E-state index is -0.470. The SMILES string of the molecule is Cc1cnc(CSc2nc3ccccc3[nH]2)c(C)c1OCCC1COC(C)(C)OC1. The van der Waals surface area contributed by atoms with E-state index in [0.717, 1.165) is 50.9 Å². The van der Waals surface area contributed by atoms with Crippen molar-refractivity contribution in [2.24, 2.45) is 5.92 Å². The number of aromatic amines is 1. The van der Waals surface area contributed by atoms with Crippen molar-refractivity contribution < 1.29 is 14.2 Å². The molecular weight excluding hydrogens is 398 g/mol. The zero-order valence-corrected chi connectivity index (χ0v) is 18.8. The number of benzene rings is 1. The second-order valence-corrected chi connectivity index (χ2v) is 9.18. The summed E-state index contributed by atoms with van der Waals surface area (Å²) in [4.78, 5) is 12.6. The molecule has 1 fully saturated rings. The van der Waals surface area contributed by atoms with Gasteiger partial charge in [-0.15, -0.1) is 0 Å². The van der Waals surface area contributed by atoms with Gasteiger partial charge >= 0.3 is 0 Å². The Bertz CT molecular complexity index is 975. The van der Waals surface area contributed by atoms with Crippen LogP contribution in [0, 0.1) is 19.8 Å². The molecule has 0 bridgehead atoms. The Morgan fingerprint density at radius 3 is 2.73 bits per heavy atom. The quantitative estimate of drug-likeness (QED) is 0.533. The summed E-state index contributed by atoms with van der Waals surface area (Å²) < 4.78 is 17.7. The molecule has 1 N–H and O–H groups in total. The molecule has 6 nitrogen and oxygen atoms in total. The maximum atomic E-state index is 6.18. The molecule has 4 rings (SSSR count). The number of nitrogens with zero attached hydrogens (tertiary/aromatic N) is 2. The lowest BCUT2D eigenvalue weighted by Gasteiger charge is -2.34. The van der Waals surface area contributed by atoms with E-state index in [-0.39, 0.29) is 0 Å². The van der Waals surface area contributed by atoms with Crippen LogP contribution in [0.25, 0.3) is 11.0 Å². The lowest BCUT2D eigenvalue weighted by Crippen LogP contribution is -2.39. The summed E-state index contributed by atoms with van der Waals surface area (Å²) in [6.45, 7) is 10.1. The number of hydrogen-bond acceptors (Lipinski definition) is 6. The average Bonchev–Trinajstić information content (AvgIpc) is 3.14. The number of nitrogens with one attached hydrogen (secondary N) is 1. The Kier molecular flexibility index (Phi) is 6.32. The van der Waals surface area contributed by atoms with E-state index in [2.05, 4.69) is 21.9 Å². The molecule has 1 aliphatic rings. The van der Waals surface area contributed by atoms with Crippen LogP contribution in [0.2, 0.25) is 0 Å². The van der Waals surface area contributed by atoms with E-state index in [9.17, 15) is 0 Å². The number of rotatable bonds is 7. The van der Waals surface area contributed by atoms with Crippen LogP contribution in [-0.2, 0) is 15.2 Å². The number of imidazole rings is 1. The van der Waals surface area contributed by atoms with Gasteiger partial charge in [-0.1, -0.05) is 23.9 Å². The number of aromatic nitrogens is 3. The largest absolute Gasteiger partial charge is 0.493 e. The molecule has 1 saturated heterocycles. The van der Waals surface area contributed by atoms with Gasteiger partial charge in [0, 0.05) is 29.0 Å². The van der Waals surface area contributed by atoms with Gasteiger partial charge in [0.1, 0.15) is 5.75 Å². The molecular formula is C23H29N3O3S. The van der Waals surface area contributed by atoms with Gasteiger partial charge in [-0.3, -0.25) is 4.98 Å². The van der Waals surface area contributed by atoms with Crippen molar-refractivity contribution in [1.29, 1.82) is 0 Å². The third-order valence-electron chi connectivity index (χ3n) is 5.36. The van der Waals surface area contributed by atoms with Crippen LogP contribution in [0.1, 0.15) is 37.1 Å². The highest BCUT2D eigenvalue weighted by molar-refractivity contribution is 7.98. The molecule has 3 aromatic rings. The predicted octanol–water partition coefficient (Wildman–Crippen LogP) is 5.04. The van der Waals surface area contributed by atoms with E-state index >= 15 is 0 Å². The minimum absolute atomic E-state index is 0.364. The Morgan fingerprint density at radius 2 is 1.97 bits per heavy atom. The normalized spacial score (nSPS) is 16.8. The fourth-order valence-corrected chi connectivity index (χ4v) is 4.39. The van der Waals surface area contributed by atoms with Crippen LogP contribution < -0.4 is 4.74 Å². The van der Waals surface area contributed by atoms with Crippen LogP contribution in [0.15, 0.2) is 35.6 Å². The van der Waals surface area contributed by atoms with Gasteiger partial charge < -0.3 is 19.2 Å². The first-order valence-electron chi connectivity index (χ1n) is 10.3. The molecule has 0 amide bonds. The van der Waals surface area contributed by atoms with Crippen molar-refractivity contribution in [3.05, 3.63) is 47.3 Å². The third-order valence-corrected chi connectivity index (χ3v) is 6.25. The van der Waals surface area contributed by atoms with Crippen molar-refractivity contribution in [3.63, 3.8) is 0 Å². The summed E-state index contributed by atoms with van der Waals surface area (Å²) in [5.41, 5.74) is 5.21. The van der Waals surface area contributed by atoms with Crippen LogP contribution in [-0.4, -0.2) is 40.6 Å². The Morgan fingerprint density at radius 1 is 1.20 bits per heavy atom. The first-order valence-corrected chi connectivity index (χ1v) is 11.3. The van der Waals surface area contributed by atoms with Gasteiger partial charge in [-0.2, -0.15) is 0 Å². The Balaban J connectivity index is 1.35. The number of para-hydroxylation sites is 2. The number of ether oxygens (including phenoxy) is 3. The molecule has 1 aliphatic heterocycles. The number of fused-ring (bicyclic) bond motifs is 1. The second-order valence-electron chi connectivity index (χ2n) is 8.21. The highest BCUT2D eigenvalue weighted by atomic mass is 32.2. The van der Waals surface area contributed by atoms with Gasteiger partial charge in [0.05, 0.1) is 36.5 Å². The summed E-state index contributed by atoms with van der Waals surface area (Å²) in [6.07, 6.45) is 2.80. The third kappa shape index (κ3) is 4.96. The lowest BCUT2D eigenvalue weighted by molar-refractivity contribution is -0.263. The average molecular weight is 428 g/mol. The maximum Gasteiger partial charge on any atom is 0.166 e. The maximum absolute atomic E-state index is 6.18. The minimum Gasteiger partial charge on any atom is -0.493 e. The molecule has 30 heavy (non-hydrogen) atoms. The molecule has 0 spiro atoms. The molecule has 0 saturated carbocycles. The van der Waals surface area contributed by atoms with Crippen molar-refractivity contribution in [3.8, 4) is 5.75 Å². The van der Waals surface area contributed by atoms with Crippen molar-refractivity contribution in [1.82, 2.24) is 15.0 Å². The Labute approximate surface area is 181 Å². The molecule has 3 heterocycles. The monoisotopic (exact) mass is 427 g/mol. The van der Waals surface area contributed by atoms with Gasteiger partial charge in [0.2, 0.25) is 0 Å². The molecule has 0 atom stereocenters. The van der Waals surface area contributed by atoms with Crippen LogP contribution in [0.4, 0.5) is 0 Å². The van der Waals surface area contributed by atoms with Gasteiger partial charge in [0.25, 0.3) is 0 Å². The number of hydrogen-bond donors (Lipinski definition) is 1. The second kappa shape index (κ2) is 8.96. The van der Waals surface area contributed by atoms with E-state index in [0.29, 0.717) is 25.7 Å². The first-order chi connectivity index (χ1) is 14.4. The van der Waals surface area contributed by atoms with Gasteiger partial charge in [-0.05, 0) is 46.2 Å². The topological polar surface area (TPSA) is 69.3 Å². The van der Waals surface area contributed by atoms with Crippen LogP contribution in [0.3, 0.4) is 0 Å². The van der Waals surface area contributed by atoms with E-state index in [1.54, 1.807) is 11.8 Å². The number of pyridine rings is 1. The summed E-state index contributed by atoms with van der Waals surface area (Å²) >= 11 is 1.66. The smallest absolute Gasteiger partial charge is 0.166 e. The van der Waals surface area contributed by atoms with Crippen LogP contribution in [0.5, 0.6) is 5.75 Å². The lowest BCUT2D eigenvalue weighted by atomic mass is 10.1. The Hall–Kier alpha value is -2.09. The fourth-order valence-electron chi connectivity index (χ4n) is 3.48. The van der Waals surface area contributed by atoms with E-state index in [4.69, 9.17) is 14.2 Å². The number of H-pyrrole nitrogens is 1. The molecule has 7 heteroatoms. The molecule has 1 aromatic carbocycles. The van der Waals surface area contributed by atoms with Crippen molar-refractivity contribution in [2.45, 2.75) is 50.8 Å². The number of thioether (sulfide) groups is 1. The van der Waals surface area contributed by atoms with E-state index < -0.39 is 5.79 Å².